The SMILES string of the molecule is COc1ccc(C)cc1S(=O)(=O)N/N=C/c1cc(Br)c(OC)c(OC)c1. The largest absolute Gasteiger partial charge is 0.495 e. The maximum atomic E-state index is 12.5. The van der Waals surface area contributed by atoms with Gasteiger partial charge in [0.1, 0.15) is 10.6 Å². The quantitative estimate of drug-likeness (QED) is 0.525. The summed E-state index contributed by atoms with van der Waals surface area (Å²) in [5.41, 5.74) is 1.41. The fourth-order valence-corrected chi connectivity index (χ4v) is 3.89. The van der Waals surface area contributed by atoms with Gasteiger partial charge in [0.2, 0.25) is 0 Å². The van der Waals surface area contributed by atoms with Crippen molar-refractivity contribution >= 4 is 32.2 Å². The molecule has 0 aromatic heterocycles. The maximum absolute atomic E-state index is 12.5. The van der Waals surface area contributed by atoms with Crippen LogP contribution in [0, 0.1) is 6.92 Å². The second-order valence-electron chi connectivity index (χ2n) is 5.25. The lowest BCUT2D eigenvalue weighted by Gasteiger charge is -2.11. The molecule has 2 aromatic carbocycles. The van der Waals surface area contributed by atoms with E-state index in [1.165, 1.54) is 33.6 Å². The molecule has 0 saturated heterocycles. The number of aryl methyl sites for hydroxylation is 1. The Hall–Kier alpha value is -2.26. The van der Waals surface area contributed by atoms with Gasteiger partial charge in [-0.05, 0) is 58.2 Å². The number of hydrogen-bond donors (Lipinski definition) is 1. The van der Waals surface area contributed by atoms with Gasteiger partial charge in [0.25, 0.3) is 10.0 Å². The molecule has 0 saturated carbocycles. The normalized spacial score (nSPS) is 11.4. The van der Waals surface area contributed by atoms with E-state index in [4.69, 9.17) is 14.2 Å². The van der Waals surface area contributed by atoms with E-state index in [0.29, 0.717) is 21.5 Å². The summed E-state index contributed by atoms with van der Waals surface area (Å²) < 4.78 is 41.2. The lowest BCUT2D eigenvalue weighted by atomic mass is 10.2. The minimum absolute atomic E-state index is 0.0191. The summed E-state index contributed by atoms with van der Waals surface area (Å²) >= 11 is 3.37. The van der Waals surface area contributed by atoms with E-state index in [-0.39, 0.29) is 10.6 Å². The van der Waals surface area contributed by atoms with Gasteiger partial charge in [-0.25, -0.2) is 0 Å². The highest BCUT2D eigenvalue weighted by molar-refractivity contribution is 9.10. The molecule has 0 aliphatic rings. The Kier molecular flexibility index (Phi) is 6.49. The van der Waals surface area contributed by atoms with E-state index in [1.54, 1.807) is 31.2 Å². The molecule has 0 radical (unpaired) electrons. The molecule has 26 heavy (non-hydrogen) atoms. The number of hydrogen-bond acceptors (Lipinski definition) is 6. The van der Waals surface area contributed by atoms with Gasteiger partial charge in [-0.3, -0.25) is 0 Å². The highest BCUT2D eigenvalue weighted by Crippen LogP contribution is 2.35. The van der Waals surface area contributed by atoms with E-state index >= 15 is 0 Å². The van der Waals surface area contributed by atoms with Gasteiger partial charge < -0.3 is 14.2 Å². The Morgan fingerprint density at radius 1 is 1.04 bits per heavy atom. The number of halogens is 1. The lowest BCUT2D eigenvalue weighted by molar-refractivity contribution is 0.353. The molecule has 0 unspecified atom stereocenters. The third kappa shape index (κ3) is 4.47. The summed E-state index contributed by atoms with van der Waals surface area (Å²) in [5.74, 6) is 1.27. The van der Waals surface area contributed by atoms with Crippen LogP contribution in [0.4, 0.5) is 0 Å². The van der Waals surface area contributed by atoms with Crippen molar-refractivity contribution in [2.75, 3.05) is 21.3 Å². The van der Waals surface area contributed by atoms with Crippen LogP contribution >= 0.6 is 15.9 Å². The van der Waals surface area contributed by atoms with Gasteiger partial charge >= 0.3 is 0 Å². The van der Waals surface area contributed by atoms with Crippen LogP contribution in [-0.2, 0) is 10.0 Å². The predicted octanol–water partition coefficient (Wildman–Crippen LogP) is 3.10. The number of benzene rings is 2. The molecule has 7 nitrogen and oxygen atoms in total. The zero-order valence-corrected chi connectivity index (χ0v) is 17.1. The molecule has 0 amide bonds. The molecule has 140 valence electrons. The number of methoxy groups -OCH3 is 3. The Morgan fingerprint density at radius 3 is 2.35 bits per heavy atom. The van der Waals surface area contributed by atoms with Crippen LogP contribution in [0.25, 0.3) is 0 Å². The van der Waals surface area contributed by atoms with Gasteiger partial charge in [0.05, 0.1) is 32.0 Å². The minimum atomic E-state index is -3.87. The first-order chi connectivity index (χ1) is 12.3. The van der Waals surface area contributed by atoms with Crippen molar-refractivity contribution in [1.29, 1.82) is 0 Å². The van der Waals surface area contributed by atoms with Gasteiger partial charge in [-0.15, -0.1) is 0 Å². The van der Waals surface area contributed by atoms with E-state index in [0.717, 1.165) is 5.56 Å². The summed E-state index contributed by atoms with van der Waals surface area (Å²) in [5, 5.41) is 3.83. The predicted molar refractivity (Wildman–Crippen MR) is 103 cm³/mol. The Bertz CT molecular complexity index is 929. The average molecular weight is 443 g/mol. The van der Waals surface area contributed by atoms with Gasteiger partial charge in [-0.2, -0.15) is 18.4 Å². The Morgan fingerprint density at radius 2 is 1.73 bits per heavy atom. The molecule has 0 aliphatic heterocycles. The smallest absolute Gasteiger partial charge is 0.280 e. The average Bonchev–Trinajstić information content (AvgIpc) is 2.61. The number of nitrogens with zero attached hydrogens (tertiary/aromatic N) is 1. The molecule has 0 bridgehead atoms. The van der Waals surface area contributed by atoms with Crippen LogP contribution in [0.2, 0.25) is 0 Å². The lowest BCUT2D eigenvalue weighted by Crippen LogP contribution is -2.19. The Balaban J connectivity index is 2.28. The first kappa shape index (κ1) is 20.1. The molecule has 0 fully saturated rings. The van der Waals surface area contributed by atoms with Crippen molar-refractivity contribution in [2.24, 2.45) is 5.10 Å². The molecule has 0 spiro atoms. The first-order valence-corrected chi connectivity index (χ1v) is 9.71. The van der Waals surface area contributed by atoms with Crippen molar-refractivity contribution in [2.45, 2.75) is 11.8 Å². The summed E-state index contributed by atoms with van der Waals surface area (Å²) in [6, 6.07) is 8.28. The zero-order chi connectivity index (χ0) is 19.3. The second-order valence-corrected chi connectivity index (χ2v) is 7.73. The zero-order valence-electron chi connectivity index (χ0n) is 14.7. The molecular formula is C17H19BrN2O5S. The van der Waals surface area contributed by atoms with E-state index in [2.05, 4.69) is 25.9 Å². The molecule has 9 heteroatoms. The number of nitrogens with one attached hydrogen (secondary N) is 1. The van der Waals surface area contributed by atoms with Crippen molar-refractivity contribution in [1.82, 2.24) is 4.83 Å². The second kappa shape index (κ2) is 8.41. The molecule has 0 heterocycles. The fraction of sp³-hybridized carbons (Fsp3) is 0.235. The summed E-state index contributed by atoms with van der Waals surface area (Å²) in [6.07, 6.45) is 1.37. The van der Waals surface area contributed by atoms with Gasteiger partial charge in [0, 0.05) is 0 Å². The topological polar surface area (TPSA) is 86.2 Å². The third-order valence-corrected chi connectivity index (χ3v) is 5.28. The number of sulfonamides is 1. The van der Waals surface area contributed by atoms with Crippen molar-refractivity contribution in [3.05, 3.63) is 45.9 Å². The molecule has 0 aliphatic carbocycles. The fourth-order valence-electron chi connectivity index (χ4n) is 2.23. The highest BCUT2D eigenvalue weighted by atomic mass is 79.9. The molecule has 1 N–H and O–H groups in total. The van der Waals surface area contributed by atoms with E-state index in [1.807, 2.05) is 0 Å². The number of ether oxygens (including phenoxy) is 3. The molecule has 0 atom stereocenters. The monoisotopic (exact) mass is 442 g/mol. The van der Waals surface area contributed by atoms with Crippen molar-refractivity contribution in [3.63, 3.8) is 0 Å². The summed E-state index contributed by atoms with van der Waals surface area (Å²) in [6.45, 7) is 1.79. The first-order valence-electron chi connectivity index (χ1n) is 7.43. The van der Waals surface area contributed by atoms with E-state index in [9.17, 15) is 8.42 Å². The highest BCUT2D eigenvalue weighted by Gasteiger charge is 2.19. The van der Waals surface area contributed by atoms with Crippen LogP contribution in [-0.4, -0.2) is 36.0 Å². The van der Waals surface area contributed by atoms with Crippen LogP contribution in [0.1, 0.15) is 11.1 Å². The summed E-state index contributed by atoms with van der Waals surface area (Å²) in [4.78, 5) is 2.20. The van der Waals surface area contributed by atoms with Crippen molar-refractivity contribution < 1.29 is 22.6 Å². The molecule has 2 rings (SSSR count). The molecular weight excluding hydrogens is 424 g/mol. The third-order valence-electron chi connectivity index (χ3n) is 3.45. The standard InChI is InChI=1S/C17H19BrN2O5S/c1-11-5-6-14(23-2)16(7-11)26(21,22)20-19-10-12-8-13(18)17(25-4)15(9-12)24-3/h5-10,20H,1-4H3/b19-10+. The van der Waals surface area contributed by atoms with E-state index < -0.39 is 10.0 Å². The van der Waals surface area contributed by atoms with Crippen LogP contribution < -0.4 is 19.0 Å². The van der Waals surface area contributed by atoms with Crippen LogP contribution in [0.3, 0.4) is 0 Å². The summed E-state index contributed by atoms with van der Waals surface area (Å²) in [7, 11) is 0.575. The van der Waals surface area contributed by atoms with Crippen molar-refractivity contribution in [3.8, 4) is 17.2 Å². The number of hydrazone groups is 1. The maximum Gasteiger partial charge on any atom is 0.280 e. The van der Waals surface area contributed by atoms with Crippen LogP contribution in [0.5, 0.6) is 17.2 Å². The van der Waals surface area contributed by atoms with Gasteiger partial charge in [-0.1, -0.05) is 6.07 Å². The Labute approximate surface area is 161 Å². The minimum Gasteiger partial charge on any atom is -0.495 e. The number of rotatable bonds is 7. The van der Waals surface area contributed by atoms with Gasteiger partial charge in [0.15, 0.2) is 11.5 Å². The molecule has 2 aromatic rings. The van der Waals surface area contributed by atoms with Crippen LogP contribution in [0.15, 0.2) is 44.8 Å².